The first-order chi connectivity index (χ1) is 14.6. The molecule has 5 rings (SSSR count). The van der Waals surface area contributed by atoms with Gasteiger partial charge in [-0.05, 0) is 73.1 Å². The first-order valence-corrected chi connectivity index (χ1v) is 10.3. The van der Waals surface area contributed by atoms with Crippen molar-refractivity contribution in [2.24, 2.45) is 0 Å². The van der Waals surface area contributed by atoms with E-state index < -0.39 is 5.82 Å². The first kappa shape index (κ1) is 18.6. The zero-order valence-electron chi connectivity index (χ0n) is 16.4. The Kier molecular flexibility index (Phi) is 4.59. The third-order valence-corrected chi connectivity index (χ3v) is 6.10. The lowest BCUT2D eigenvalue weighted by Crippen LogP contribution is -2.44. The van der Waals surface area contributed by atoms with Gasteiger partial charge in [-0.3, -0.25) is 9.89 Å². The summed E-state index contributed by atoms with van der Waals surface area (Å²) in [6.07, 6.45) is 6.68. The van der Waals surface area contributed by atoms with Gasteiger partial charge in [0.15, 0.2) is 0 Å². The number of benzene rings is 2. The quantitative estimate of drug-likeness (QED) is 0.712. The summed E-state index contributed by atoms with van der Waals surface area (Å²) in [7, 11) is 0. The maximum absolute atomic E-state index is 13.4. The van der Waals surface area contributed by atoms with Crippen LogP contribution in [0.15, 0.2) is 48.7 Å². The predicted molar refractivity (Wildman–Crippen MR) is 110 cm³/mol. The Morgan fingerprint density at radius 1 is 1.13 bits per heavy atom. The molecule has 1 aromatic heterocycles. The molecule has 1 heterocycles. The number of carbonyl (C=O) groups excluding carboxylic acids is 1. The van der Waals surface area contributed by atoms with E-state index in [2.05, 4.69) is 15.1 Å². The molecule has 1 saturated carbocycles. The molecule has 1 unspecified atom stereocenters. The van der Waals surface area contributed by atoms with Crippen LogP contribution in [0.4, 0.5) is 4.39 Å². The second kappa shape index (κ2) is 7.42. The molecule has 0 bridgehead atoms. The van der Waals surface area contributed by atoms with Crippen LogP contribution in [0.1, 0.15) is 46.4 Å². The summed E-state index contributed by atoms with van der Waals surface area (Å²) < 4.78 is 13.4. The lowest BCUT2D eigenvalue weighted by atomic mass is 9.91. The summed E-state index contributed by atoms with van der Waals surface area (Å²) in [6.45, 7) is 0. The van der Waals surface area contributed by atoms with E-state index >= 15 is 0 Å². The van der Waals surface area contributed by atoms with Gasteiger partial charge in [0, 0.05) is 23.3 Å². The molecule has 0 radical (unpaired) electrons. The summed E-state index contributed by atoms with van der Waals surface area (Å²) in [5.74, 6) is -0.379. The zero-order chi connectivity index (χ0) is 20.7. The molecule has 2 aliphatic rings. The van der Waals surface area contributed by atoms with E-state index in [1.807, 2.05) is 36.5 Å². The second-order valence-electron chi connectivity index (χ2n) is 8.09. The Morgan fingerprint density at radius 3 is 2.67 bits per heavy atom. The molecule has 1 N–H and O–H groups in total. The number of carbonyl (C=O) groups is 1. The Hall–Kier alpha value is -3.46. The second-order valence-corrected chi connectivity index (χ2v) is 8.09. The van der Waals surface area contributed by atoms with Crippen molar-refractivity contribution in [2.45, 2.75) is 44.2 Å². The van der Waals surface area contributed by atoms with Gasteiger partial charge in [-0.2, -0.15) is 10.4 Å². The van der Waals surface area contributed by atoms with Crippen LogP contribution in [0.2, 0.25) is 0 Å². The van der Waals surface area contributed by atoms with Crippen LogP contribution in [-0.4, -0.2) is 33.1 Å². The molecule has 2 aromatic carbocycles. The number of fused-ring (bicyclic) bond motifs is 1. The van der Waals surface area contributed by atoms with Crippen molar-refractivity contribution in [2.75, 3.05) is 0 Å². The van der Waals surface area contributed by atoms with Crippen molar-refractivity contribution >= 4 is 5.91 Å². The number of hydrogen-bond donors (Lipinski definition) is 1. The Labute approximate surface area is 174 Å². The van der Waals surface area contributed by atoms with Crippen molar-refractivity contribution in [1.82, 2.24) is 15.1 Å². The highest BCUT2D eigenvalue weighted by molar-refractivity contribution is 5.95. The fourth-order valence-electron chi connectivity index (χ4n) is 4.42. The number of aryl methyl sites for hydroxylation is 1. The fourth-order valence-corrected chi connectivity index (χ4v) is 4.42. The highest BCUT2D eigenvalue weighted by Gasteiger charge is 2.39. The van der Waals surface area contributed by atoms with Crippen molar-refractivity contribution in [1.29, 1.82) is 5.26 Å². The van der Waals surface area contributed by atoms with Gasteiger partial charge in [-0.1, -0.05) is 18.2 Å². The molecular formula is C24H21FN4O. The number of halogens is 1. The minimum absolute atomic E-state index is 0.0561. The van der Waals surface area contributed by atoms with Gasteiger partial charge in [0.05, 0.1) is 17.8 Å². The molecule has 0 spiro atoms. The summed E-state index contributed by atoms with van der Waals surface area (Å²) in [5.41, 5.74) is 4.78. The van der Waals surface area contributed by atoms with Gasteiger partial charge in [-0.15, -0.1) is 0 Å². The zero-order valence-corrected chi connectivity index (χ0v) is 16.4. The van der Waals surface area contributed by atoms with Gasteiger partial charge >= 0.3 is 0 Å². The van der Waals surface area contributed by atoms with Crippen LogP contribution in [0.3, 0.4) is 0 Å². The van der Waals surface area contributed by atoms with Crippen LogP contribution in [-0.2, 0) is 12.8 Å². The van der Waals surface area contributed by atoms with Crippen LogP contribution in [0.5, 0.6) is 0 Å². The summed E-state index contributed by atoms with van der Waals surface area (Å²) in [6, 6.07) is 14.0. The standard InChI is InChI=1S/C24H21FN4O/c25-19-5-9-22(17(11-19)13-26)15-1-3-16(4-2-15)24(30)29(20-6-7-20)21-8-10-23-18(12-21)14-27-28-23/h1-5,9,11,14,20-21H,6-8,10,12H2,(H,27,28). The van der Waals surface area contributed by atoms with Crippen LogP contribution >= 0.6 is 0 Å². The van der Waals surface area contributed by atoms with E-state index in [1.165, 1.54) is 23.4 Å². The maximum atomic E-state index is 13.4. The molecule has 1 fully saturated rings. The molecule has 1 amide bonds. The minimum atomic E-state index is -0.435. The lowest BCUT2D eigenvalue weighted by molar-refractivity contribution is 0.0643. The monoisotopic (exact) mass is 400 g/mol. The number of hydrogen-bond acceptors (Lipinski definition) is 3. The van der Waals surface area contributed by atoms with E-state index in [-0.39, 0.29) is 17.5 Å². The summed E-state index contributed by atoms with van der Waals surface area (Å²) in [5, 5.41) is 16.5. The molecule has 5 nitrogen and oxygen atoms in total. The smallest absolute Gasteiger partial charge is 0.254 e. The topological polar surface area (TPSA) is 72.8 Å². The normalized spacial score (nSPS) is 17.8. The average molecular weight is 400 g/mol. The Balaban J connectivity index is 1.40. The van der Waals surface area contributed by atoms with E-state index in [1.54, 1.807) is 6.07 Å². The van der Waals surface area contributed by atoms with Crippen molar-refractivity contribution in [3.63, 3.8) is 0 Å². The van der Waals surface area contributed by atoms with E-state index in [9.17, 15) is 14.4 Å². The number of amides is 1. The number of aromatic amines is 1. The third kappa shape index (κ3) is 3.37. The Bertz CT molecular complexity index is 1140. The van der Waals surface area contributed by atoms with Gasteiger partial charge in [-0.25, -0.2) is 4.39 Å². The van der Waals surface area contributed by atoms with Crippen molar-refractivity contribution < 1.29 is 9.18 Å². The van der Waals surface area contributed by atoms with E-state index in [0.29, 0.717) is 17.2 Å². The summed E-state index contributed by atoms with van der Waals surface area (Å²) >= 11 is 0. The van der Waals surface area contributed by atoms with Crippen LogP contribution in [0.25, 0.3) is 11.1 Å². The van der Waals surface area contributed by atoms with Gasteiger partial charge in [0.25, 0.3) is 5.91 Å². The SMILES string of the molecule is N#Cc1cc(F)ccc1-c1ccc(C(=O)N(C2CC2)C2CCc3[nH]ncc3C2)cc1. The number of nitrogens with one attached hydrogen (secondary N) is 1. The highest BCUT2D eigenvalue weighted by atomic mass is 19.1. The van der Waals surface area contributed by atoms with Crippen molar-refractivity contribution in [3.8, 4) is 17.2 Å². The largest absolute Gasteiger partial charge is 0.332 e. The number of nitrogens with zero attached hydrogens (tertiary/aromatic N) is 3. The average Bonchev–Trinajstić information content (AvgIpc) is 3.49. The molecule has 0 saturated heterocycles. The number of aromatic nitrogens is 2. The Morgan fingerprint density at radius 2 is 1.93 bits per heavy atom. The molecule has 2 aliphatic carbocycles. The molecule has 6 heteroatoms. The fraction of sp³-hybridized carbons (Fsp3) is 0.292. The molecule has 0 aliphatic heterocycles. The number of rotatable bonds is 4. The molecule has 30 heavy (non-hydrogen) atoms. The van der Waals surface area contributed by atoms with Crippen molar-refractivity contribution in [3.05, 3.63) is 76.9 Å². The van der Waals surface area contributed by atoms with E-state index in [4.69, 9.17) is 0 Å². The number of H-pyrrole nitrogens is 1. The molecule has 150 valence electrons. The van der Waals surface area contributed by atoms with Gasteiger partial charge in [0.2, 0.25) is 0 Å². The number of nitriles is 1. The molecule has 1 atom stereocenters. The molecule has 3 aromatic rings. The summed E-state index contributed by atoms with van der Waals surface area (Å²) in [4.78, 5) is 15.5. The third-order valence-electron chi connectivity index (χ3n) is 6.10. The van der Waals surface area contributed by atoms with Gasteiger partial charge in [0.1, 0.15) is 5.82 Å². The van der Waals surface area contributed by atoms with Crippen LogP contribution < -0.4 is 0 Å². The first-order valence-electron chi connectivity index (χ1n) is 10.3. The predicted octanol–water partition coefficient (Wildman–Crippen LogP) is 4.25. The van der Waals surface area contributed by atoms with E-state index in [0.717, 1.165) is 37.7 Å². The minimum Gasteiger partial charge on any atom is -0.332 e. The highest BCUT2D eigenvalue weighted by Crippen LogP contribution is 2.35. The van der Waals surface area contributed by atoms with Gasteiger partial charge < -0.3 is 4.90 Å². The molecular weight excluding hydrogens is 379 g/mol. The maximum Gasteiger partial charge on any atom is 0.254 e. The van der Waals surface area contributed by atoms with Crippen LogP contribution in [0, 0.1) is 17.1 Å². The lowest BCUT2D eigenvalue weighted by Gasteiger charge is -2.34.